The van der Waals surface area contributed by atoms with E-state index in [-0.39, 0.29) is 5.91 Å². The molecule has 0 saturated heterocycles. The van der Waals surface area contributed by atoms with E-state index in [1.807, 2.05) is 80.6 Å². The highest BCUT2D eigenvalue weighted by atomic mass is 16.5. The Kier molecular flexibility index (Phi) is 7.42. The van der Waals surface area contributed by atoms with Gasteiger partial charge in [-0.15, -0.1) is 0 Å². The van der Waals surface area contributed by atoms with E-state index in [0.717, 1.165) is 22.4 Å². The van der Waals surface area contributed by atoms with Gasteiger partial charge < -0.3 is 14.8 Å². The van der Waals surface area contributed by atoms with Gasteiger partial charge in [0, 0.05) is 17.7 Å². The molecule has 0 saturated carbocycles. The van der Waals surface area contributed by atoms with Crippen LogP contribution in [0.2, 0.25) is 0 Å². The minimum Gasteiger partial charge on any atom is -0.494 e. The average molecular weight is 389 g/mol. The first-order valence-corrected chi connectivity index (χ1v) is 9.87. The molecule has 0 fully saturated rings. The summed E-state index contributed by atoms with van der Waals surface area (Å²) >= 11 is 0. The number of aryl methyl sites for hydroxylation is 1. The van der Waals surface area contributed by atoms with Gasteiger partial charge in [-0.25, -0.2) is 0 Å². The van der Waals surface area contributed by atoms with Gasteiger partial charge in [0.05, 0.1) is 19.8 Å². The molecule has 29 heavy (non-hydrogen) atoms. The molecule has 0 aliphatic rings. The highest BCUT2D eigenvalue weighted by Crippen LogP contribution is 2.22. The Morgan fingerprint density at radius 3 is 2.38 bits per heavy atom. The van der Waals surface area contributed by atoms with Crippen LogP contribution < -0.4 is 10.1 Å². The van der Waals surface area contributed by atoms with E-state index >= 15 is 0 Å². The predicted molar refractivity (Wildman–Crippen MR) is 115 cm³/mol. The highest BCUT2D eigenvalue weighted by Gasteiger charge is 2.11. The van der Waals surface area contributed by atoms with Crippen LogP contribution in [0.4, 0.5) is 0 Å². The Morgan fingerprint density at radius 2 is 1.66 bits per heavy atom. The van der Waals surface area contributed by atoms with Crippen LogP contribution in [0.5, 0.6) is 5.75 Å². The van der Waals surface area contributed by atoms with Crippen LogP contribution in [0.15, 0.2) is 72.8 Å². The molecule has 0 aliphatic heterocycles. The van der Waals surface area contributed by atoms with Gasteiger partial charge in [0.1, 0.15) is 5.75 Å². The second-order valence-electron chi connectivity index (χ2n) is 6.90. The third-order valence-electron chi connectivity index (χ3n) is 4.57. The Labute approximate surface area is 172 Å². The summed E-state index contributed by atoms with van der Waals surface area (Å²) in [7, 11) is 0. The molecule has 0 atom stereocenters. The molecule has 0 aliphatic carbocycles. The second-order valence-corrected chi connectivity index (χ2v) is 6.90. The molecule has 3 aromatic carbocycles. The molecule has 3 aromatic rings. The third-order valence-corrected chi connectivity index (χ3v) is 4.57. The van der Waals surface area contributed by atoms with Crippen molar-refractivity contribution in [3.63, 3.8) is 0 Å². The zero-order valence-electron chi connectivity index (χ0n) is 17.0. The summed E-state index contributed by atoms with van der Waals surface area (Å²) < 4.78 is 11.6. The number of amides is 1. The maximum absolute atomic E-state index is 12.6. The molecule has 0 radical (unpaired) electrons. The highest BCUT2D eigenvalue weighted by molar-refractivity contribution is 5.94. The summed E-state index contributed by atoms with van der Waals surface area (Å²) in [5.74, 6) is 0.633. The lowest BCUT2D eigenvalue weighted by Crippen LogP contribution is -2.23. The van der Waals surface area contributed by atoms with Crippen molar-refractivity contribution in [2.75, 3.05) is 6.61 Å². The van der Waals surface area contributed by atoms with Crippen LogP contribution in [0, 0.1) is 6.92 Å². The summed E-state index contributed by atoms with van der Waals surface area (Å²) in [6.07, 6.45) is 0. The topological polar surface area (TPSA) is 47.6 Å². The smallest absolute Gasteiger partial charge is 0.251 e. The molecule has 0 spiro atoms. The van der Waals surface area contributed by atoms with Crippen LogP contribution >= 0.6 is 0 Å². The summed E-state index contributed by atoms with van der Waals surface area (Å²) in [6.45, 7) is 5.93. The number of carbonyl (C=O) groups excluding carboxylic acids is 1. The summed E-state index contributed by atoms with van der Waals surface area (Å²) in [5, 5.41) is 2.97. The van der Waals surface area contributed by atoms with E-state index in [9.17, 15) is 4.79 Å². The van der Waals surface area contributed by atoms with Crippen molar-refractivity contribution in [1.82, 2.24) is 5.32 Å². The molecule has 150 valence electrons. The monoisotopic (exact) mass is 389 g/mol. The fourth-order valence-electron chi connectivity index (χ4n) is 2.97. The van der Waals surface area contributed by atoms with E-state index in [1.54, 1.807) is 6.07 Å². The van der Waals surface area contributed by atoms with Gasteiger partial charge >= 0.3 is 0 Å². The molecule has 1 amide bonds. The first-order valence-electron chi connectivity index (χ1n) is 9.87. The number of ether oxygens (including phenoxy) is 2. The molecule has 3 rings (SSSR count). The average Bonchev–Trinajstić information content (AvgIpc) is 2.75. The SMILES string of the molecule is CCOc1ccc(C(=O)NCc2ccc(C)cc2)cc1COCc1ccccc1. The van der Waals surface area contributed by atoms with Crippen LogP contribution in [-0.4, -0.2) is 12.5 Å². The number of carbonyl (C=O) groups is 1. The quantitative estimate of drug-likeness (QED) is 0.558. The largest absolute Gasteiger partial charge is 0.494 e. The van der Waals surface area contributed by atoms with E-state index < -0.39 is 0 Å². The Morgan fingerprint density at radius 1 is 0.897 bits per heavy atom. The molecule has 0 aromatic heterocycles. The van der Waals surface area contributed by atoms with E-state index in [2.05, 4.69) is 5.32 Å². The summed E-state index contributed by atoms with van der Waals surface area (Å²) in [4.78, 5) is 12.6. The molecule has 4 heteroatoms. The second kappa shape index (κ2) is 10.4. The summed E-state index contributed by atoms with van der Waals surface area (Å²) in [6, 6.07) is 23.6. The lowest BCUT2D eigenvalue weighted by molar-refractivity contribution is 0.0948. The molecule has 1 N–H and O–H groups in total. The maximum atomic E-state index is 12.6. The van der Waals surface area contributed by atoms with E-state index in [1.165, 1.54) is 5.56 Å². The number of rotatable bonds is 9. The van der Waals surface area contributed by atoms with Gasteiger partial charge in [0.15, 0.2) is 0 Å². The van der Waals surface area contributed by atoms with Gasteiger partial charge in [0.2, 0.25) is 0 Å². The minimum absolute atomic E-state index is 0.113. The molecule has 0 heterocycles. The maximum Gasteiger partial charge on any atom is 0.251 e. The van der Waals surface area contributed by atoms with Crippen LogP contribution in [0.1, 0.15) is 39.5 Å². The van der Waals surface area contributed by atoms with E-state index in [4.69, 9.17) is 9.47 Å². The van der Waals surface area contributed by atoms with E-state index in [0.29, 0.717) is 31.9 Å². The van der Waals surface area contributed by atoms with Crippen molar-refractivity contribution in [1.29, 1.82) is 0 Å². The first-order chi connectivity index (χ1) is 14.2. The van der Waals surface area contributed by atoms with Gasteiger partial charge in [-0.05, 0) is 43.2 Å². The van der Waals surface area contributed by atoms with Crippen molar-refractivity contribution in [3.05, 3.63) is 101 Å². The molecule has 0 unspecified atom stereocenters. The number of nitrogens with one attached hydrogen (secondary N) is 1. The van der Waals surface area contributed by atoms with Gasteiger partial charge in [-0.1, -0.05) is 60.2 Å². The summed E-state index contributed by atoms with van der Waals surface area (Å²) in [5.41, 5.74) is 4.84. The number of hydrogen-bond acceptors (Lipinski definition) is 3. The standard InChI is InChI=1S/C25H27NO3/c1-3-29-24-14-13-22(25(27)26-16-20-11-9-19(2)10-12-20)15-23(24)18-28-17-21-7-5-4-6-8-21/h4-15H,3,16-18H2,1-2H3,(H,26,27). The lowest BCUT2D eigenvalue weighted by Gasteiger charge is -2.13. The van der Waals surface area contributed by atoms with Crippen LogP contribution in [0.3, 0.4) is 0 Å². The fourth-order valence-corrected chi connectivity index (χ4v) is 2.97. The van der Waals surface area contributed by atoms with Gasteiger partial charge in [-0.2, -0.15) is 0 Å². The van der Waals surface area contributed by atoms with Crippen molar-refractivity contribution in [2.45, 2.75) is 33.6 Å². The van der Waals surface area contributed by atoms with Crippen molar-refractivity contribution < 1.29 is 14.3 Å². The normalized spacial score (nSPS) is 10.6. The van der Waals surface area contributed by atoms with Crippen LogP contribution in [0.25, 0.3) is 0 Å². The minimum atomic E-state index is -0.113. The molecule has 0 bridgehead atoms. The molecular formula is C25H27NO3. The zero-order chi connectivity index (χ0) is 20.5. The van der Waals surface area contributed by atoms with Crippen molar-refractivity contribution >= 4 is 5.91 Å². The third kappa shape index (κ3) is 6.19. The number of hydrogen-bond donors (Lipinski definition) is 1. The zero-order valence-corrected chi connectivity index (χ0v) is 17.0. The molecular weight excluding hydrogens is 362 g/mol. The van der Waals surface area contributed by atoms with Crippen LogP contribution in [-0.2, 0) is 24.5 Å². The van der Waals surface area contributed by atoms with Crippen molar-refractivity contribution in [3.8, 4) is 5.75 Å². The Bertz CT molecular complexity index is 921. The van der Waals surface area contributed by atoms with Gasteiger partial charge in [-0.3, -0.25) is 4.79 Å². The first kappa shape index (κ1) is 20.6. The fraction of sp³-hybridized carbons (Fsp3) is 0.240. The lowest BCUT2D eigenvalue weighted by atomic mass is 10.1. The van der Waals surface area contributed by atoms with Gasteiger partial charge in [0.25, 0.3) is 5.91 Å². The Hall–Kier alpha value is -3.11. The predicted octanol–water partition coefficient (Wildman–Crippen LogP) is 5.04. The van der Waals surface area contributed by atoms with Crippen molar-refractivity contribution in [2.24, 2.45) is 0 Å². The molecule has 4 nitrogen and oxygen atoms in total. The number of benzene rings is 3. The Balaban J connectivity index is 1.64.